The van der Waals surface area contributed by atoms with Crippen molar-refractivity contribution in [2.75, 3.05) is 7.11 Å². The maximum absolute atomic E-state index is 8.63. The zero-order valence-electron chi connectivity index (χ0n) is 7.14. The molecule has 0 bridgehead atoms. The first-order chi connectivity index (χ1) is 4.52. The minimum absolute atomic E-state index is 0.176. The molecule has 0 fully saturated rings. The molecule has 2 nitrogen and oxygen atoms in total. The van der Waals surface area contributed by atoms with Crippen LogP contribution in [0, 0.1) is 16.7 Å². The molecule has 58 valence electrons. The Morgan fingerprint density at radius 1 is 1.60 bits per heavy atom. The van der Waals surface area contributed by atoms with Crippen molar-refractivity contribution < 1.29 is 4.74 Å². The first-order valence-electron chi connectivity index (χ1n) is 3.46. The molecule has 0 rings (SSSR count). The van der Waals surface area contributed by atoms with E-state index in [1.54, 1.807) is 7.11 Å². The van der Waals surface area contributed by atoms with Gasteiger partial charge in [-0.15, -0.1) is 0 Å². The van der Waals surface area contributed by atoms with E-state index in [1.807, 2.05) is 20.8 Å². The number of methoxy groups -OCH3 is 1. The molecule has 0 aromatic rings. The van der Waals surface area contributed by atoms with Crippen LogP contribution in [-0.4, -0.2) is 13.2 Å². The second-order valence-electron chi connectivity index (χ2n) is 3.25. The number of nitriles is 1. The lowest BCUT2D eigenvalue weighted by atomic mass is 9.89. The van der Waals surface area contributed by atoms with Gasteiger partial charge in [-0.25, -0.2) is 0 Å². The molecule has 0 aliphatic carbocycles. The highest BCUT2D eigenvalue weighted by atomic mass is 16.5. The van der Waals surface area contributed by atoms with Crippen molar-refractivity contribution in [3.05, 3.63) is 0 Å². The second kappa shape index (κ2) is 3.58. The molecular weight excluding hydrogens is 126 g/mol. The maximum atomic E-state index is 8.63. The lowest BCUT2D eigenvalue weighted by Crippen LogP contribution is -2.17. The third-order valence-corrected chi connectivity index (χ3v) is 1.50. The van der Waals surface area contributed by atoms with Gasteiger partial charge in [-0.2, -0.15) is 5.26 Å². The highest BCUT2D eigenvalue weighted by Gasteiger charge is 2.19. The quantitative estimate of drug-likeness (QED) is 0.602. The molecule has 0 aliphatic heterocycles. The van der Waals surface area contributed by atoms with Crippen molar-refractivity contribution in [3.8, 4) is 6.07 Å². The molecular formula is C8H15NO. The summed E-state index contributed by atoms with van der Waals surface area (Å²) in [7, 11) is 1.66. The molecule has 0 N–H and O–H groups in total. The van der Waals surface area contributed by atoms with Crippen LogP contribution in [0.2, 0.25) is 0 Å². The van der Waals surface area contributed by atoms with Gasteiger partial charge in [-0.3, -0.25) is 0 Å². The molecule has 0 saturated heterocycles. The largest absolute Gasteiger partial charge is 0.382 e. The van der Waals surface area contributed by atoms with Gasteiger partial charge in [0.15, 0.2) is 0 Å². The molecule has 0 aromatic carbocycles. The van der Waals surface area contributed by atoms with Gasteiger partial charge in [-0.1, -0.05) is 0 Å². The van der Waals surface area contributed by atoms with Gasteiger partial charge in [0.05, 0.1) is 17.6 Å². The Morgan fingerprint density at radius 3 is 2.40 bits per heavy atom. The zero-order valence-corrected chi connectivity index (χ0v) is 7.14. The van der Waals surface area contributed by atoms with Crippen molar-refractivity contribution >= 4 is 0 Å². The van der Waals surface area contributed by atoms with E-state index in [4.69, 9.17) is 10.00 Å². The Kier molecular flexibility index (Phi) is 3.38. The van der Waals surface area contributed by atoms with Crippen molar-refractivity contribution in [2.45, 2.75) is 33.3 Å². The highest BCUT2D eigenvalue weighted by molar-refractivity contribution is 4.92. The Morgan fingerprint density at radius 2 is 2.10 bits per heavy atom. The normalized spacial score (nSPS) is 14.3. The van der Waals surface area contributed by atoms with E-state index in [0.717, 1.165) is 6.42 Å². The van der Waals surface area contributed by atoms with Crippen LogP contribution in [-0.2, 0) is 4.74 Å². The maximum Gasteiger partial charge on any atom is 0.0684 e. The van der Waals surface area contributed by atoms with Crippen LogP contribution in [0.4, 0.5) is 0 Å². The SMILES string of the molecule is COC(C)CC(C)(C)C#N. The highest BCUT2D eigenvalue weighted by Crippen LogP contribution is 2.21. The van der Waals surface area contributed by atoms with Gasteiger partial charge >= 0.3 is 0 Å². The molecule has 0 aliphatic rings. The third kappa shape index (κ3) is 3.47. The van der Waals surface area contributed by atoms with Gasteiger partial charge < -0.3 is 4.74 Å². The number of hydrogen-bond acceptors (Lipinski definition) is 2. The van der Waals surface area contributed by atoms with Crippen LogP contribution in [0.25, 0.3) is 0 Å². The van der Waals surface area contributed by atoms with Gasteiger partial charge in [0.1, 0.15) is 0 Å². The lowest BCUT2D eigenvalue weighted by Gasteiger charge is -2.18. The fraction of sp³-hybridized carbons (Fsp3) is 0.875. The van der Waals surface area contributed by atoms with Crippen LogP contribution in [0.15, 0.2) is 0 Å². The number of nitrogens with zero attached hydrogens (tertiary/aromatic N) is 1. The Bertz CT molecular complexity index is 135. The van der Waals surface area contributed by atoms with E-state index in [1.165, 1.54) is 0 Å². The average Bonchev–Trinajstić information content (AvgIpc) is 1.87. The summed E-state index contributed by atoms with van der Waals surface area (Å²) in [5, 5.41) is 8.63. The van der Waals surface area contributed by atoms with Gasteiger partial charge in [0.2, 0.25) is 0 Å². The summed E-state index contributed by atoms with van der Waals surface area (Å²) in [5.74, 6) is 0. The summed E-state index contributed by atoms with van der Waals surface area (Å²) < 4.78 is 5.04. The molecule has 1 unspecified atom stereocenters. The fourth-order valence-corrected chi connectivity index (χ4v) is 0.848. The van der Waals surface area contributed by atoms with Crippen LogP contribution >= 0.6 is 0 Å². The zero-order chi connectivity index (χ0) is 8.20. The smallest absolute Gasteiger partial charge is 0.0684 e. The summed E-state index contributed by atoms with van der Waals surface area (Å²) in [5.41, 5.74) is -0.255. The topological polar surface area (TPSA) is 33.0 Å². The molecule has 0 radical (unpaired) electrons. The van der Waals surface area contributed by atoms with Gasteiger partial charge in [-0.05, 0) is 27.2 Å². The minimum Gasteiger partial charge on any atom is -0.382 e. The van der Waals surface area contributed by atoms with E-state index < -0.39 is 0 Å². The third-order valence-electron chi connectivity index (χ3n) is 1.50. The van der Waals surface area contributed by atoms with E-state index in [0.29, 0.717) is 0 Å². The van der Waals surface area contributed by atoms with Gasteiger partial charge in [0.25, 0.3) is 0 Å². The van der Waals surface area contributed by atoms with Crippen LogP contribution in [0.1, 0.15) is 27.2 Å². The molecule has 2 heteroatoms. The van der Waals surface area contributed by atoms with Crippen molar-refractivity contribution in [1.29, 1.82) is 5.26 Å². The number of rotatable bonds is 3. The first-order valence-corrected chi connectivity index (χ1v) is 3.46. The minimum atomic E-state index is -0.255. The standard InChI is InChI=1S/C8H15NO/c1-7(10-4)5-8(2,3)6-9/h7H,5H2,1-4H3. The Balaban J connectivity index is 3.79. The number of hydrogen-bond donors (Lipinski definition) is 0. The van der Waals surface area contributed by atoms with E-state index >= 15 is 0 Å². The van der Waals surface area contributed by atoms with E-state index in [9.17, 15) is 0 Å². The number of ether oxygens (including phenoxy) is 1. The van der Waals surface area contributed by atoms with Gasteiger partial charge in [0, 0.05) is 7.11 Å². The summed E-state index contributed by atoms with van der Waals surface area (Å²) in [6, 6.07) is 2.23. The van der Waals surface area contributed by atoms with E-state index in [-0.39, 0.29) is 11.5 Å². The van der Waals surface area contributed by atoms with Crippen molar-refractivity contribution in [1.82, 2.24) is 0 Å². The van der Waals surface area contributed by atoms with Crippen LogP contribution in [0.3, 0.4) is 0 Å². The summed E-state index contributed by atoms with van der Waals surface area (Å²) in [6.45, 7) is 5.81. The lowest BCUT2D eigenvalue weighted by molar-refractivity contribution is 0.0887. The average molecular weight is 141 g/mol. The first kappa shape index (κ1) is 9.45. The molecule has 1 atom stereocenters. The predicted molar refractivity (Wildman–Crippen MR) is 40.5 cm³/mol. The van der Waals surface area contributed by atoms with Crippen LogP contribution in [0.5, 0.6) is 0 Å². The second-order valence-corrected chi connectivity index (χ2v) is 3.25. The Labute approximate surface area is 62.8 Å². The molecule has 10 heavy (non-hydrogen) atoms. The van der Waals surface area contributed by atoms with Crippen molar-refractivity contribution in [3.63, 3.8) is 0 Å². The summed E-state index contributed by atoms with van der Waals surface area (Å²) >= 11 is 0. The van der Waals surface area contributed by atoms with Crippen LogP contribution < -0.4 is 0 Å². The van der Waals surface area contributed by atoms with Crippen molar-refractivity contribution in [2.24, 2.45) is 5.41 Å². The molecule has 0 heterocycles. The fourth-order valence-electron chi connectivity index (χ4n) is 0.848. The molecule has 0 amide bonds. The predicted octanol–water partition coefficient (Wildman–Crippen LogP) is 1.96. The monoisotopic (exact) mass is 141 g/mol. The molecule has 0 saturated carbocycles. The summed E-state index contributed by atoms with van der Waals surface area (Å²) in [4.78, 5) is 0. The molecule has 0 aromatic heterocycles. The molecule has 0 spiro atoms. The van der Waals surface area contributed by atoms with E-state index in [2.05, 4.69) is 6.07 Å². The summed E-state index contributed by atoms with van der Waals surface area (Å²) in [6.07, 6.45) is 0.967. The Hall–Kier alpha value is -0.550.